The molecular formula is C16H24N4S. The molecule has 1 N–H and O–H groups in total. The number of nitrogens with zero attached hydrogens (tertiary/aromatic N) is 3. The van der Waals surface area contributed by atoms with Crippen LogP contribution in [0.1, 0.15) is 38.1 Å². The van der Waals surface area contributed by atoms with Gasteiger partial charge in [0, 0.05) is 41.5 Å². The molecule has 0 saturated carbocycles. The topological polar surface area (TPSA) is 41.1 Å². The predicted octanol–water partition coefficient (Wildman–Crippen LogP) is 3.45. The van der Waals surface area contributed by atoms with Gasteiger partial charge in [-0.25, -0.2) is 9.97 Å². The van der Waals surface area contributed by atoms with Crippen molar-refractivity contribution in [1.29, 1.82) is 0 Å². The Hall–Kier alpha value is -1.46. The van der Waals surface area contributed by atoms with E-state index in [-0.39, 0.29) is 0 Å². The number of hydrogen-bond donors (Lipinski definition) is 1. The SMILES string of the molecule is CC(C)NCc1cnc(N(Cc2cccs2)C(C)C)nc1. The summed E-state index contributed by atoms with van der Waals surface area (Å²) in [6.07, 6.45) is 3.84. The fraction of sp³-hybridized carbons (Fsp3) is 0.500. The van der Waals surface area contributed by atoms with E-state index >= 15 is 0 Å². The second-order valence-electron chi connectivity index (χ2n) is 5.73. The van der Waals surface area contributed by atoms with Gasteiger partial charge in [0.15, 0.2) is 0 Å². The van der Waals surface area contributed by atoms with Crippen LogP contribution < -0.4 is 10.2 Å². The molecule has 4 nitrogen and oxygen atoms in total. The number of aromatic nitrogens is 2. The second-order valence-corrected chi connectivity index (χ2v) is 6.76. The molecular weight excluding hydrogens is 280 g/mol. The molecule has 2 heterocycles. The molecule has 0 aliphatic rings. The van der Waals surface area contributed by atoms with Crippen molar-refractivity contribution in [2.24, 2.45) is 0 Å². The van der Waals surface area contributed by atoms with Crippen LogP contribution in [0.4, 0.5) is 5.95 Å². The Kier molecular flexibility index (Phi) is 5.70. The highest BCUT2D eigenvalue weighted by Crippen LogP contribution is 2.18. The zero-order valence-corrected chi connectivity index (χ0v) is 14.0. The molecule has 0 amide bonds. The molecule has 0 aliphatic heterocycles. The molecule has 21 heavy (non-hydrogen) atoms. The van der Waals surface area contributed by atoms with Crippen molar-refractivity contribution in [2.45, 2.75) is 52.9 Å². The van der Waals surface area contributed by atoms with Crippen LogP contribution in [0.15, 0.2) is 29.9 Å². The summed E-state index contributed by atoms with van der Waals surface area (Å²) >= 11 is 1.77. The first-order valence-corrected chi connectivity index (χ1v) is 8.27. The third kappa shape index (κ3) is 4.79. The Labute approximate surface area is 131 Å². The van der Waals surface area contributed by atoms with Gasteiger partial charge in [0.05, 0.1) is 6.54 Å². The lowest BCUT2D eigenvalue weighted by Gasteiger charge is -2.26. The summed E-state index contributed by atoms with van der Waals surface area (Å²) in [5.74, 6) is 0.798. The van der Waals surface area contributed by atoms with Crippen LogP contribution >= 0.6 is 11.3 Å². The van der Waals surface area contributed by atoms with Gasteiger partial charge in [-0.15, -0.1) is 11.3 Å². The van der Waals surface area contributed by atoms with Gasteiger partial charge in [-0.05, 0) is 25.3 Å². The average molecular weight is 304 g/mol. The highest BCUT2D eigenvalue weighted by Gasteiger charge is 2.14. The van der Waals surface area contributed by atoms with E-state index in [1.165, 1.54) is 4.88 Å². The number of rotatable bonds is 7. The van der Waals surface area contributed by atoms with Gasteiger partial charge in [0.2, 0.25) is 5.95 Å². The van der Waals surface area contributed by atoms with E-state index in [1.54, 1.807) is 11.3 Å². The maximum absolute atomic E-state index is 4.54. The summed E-state index contributed by atoms with van der Waals surface area (Å²) in [6, 6.07) is 5.07. The first-order chi connectivity index (χ1) is 10.1. The first-order valence-electron chi connectivity index (χ1n) is 7.39. The molecule has 2 aromatic rings. The largest absolute Gasteiger partial charge is 0.333 e. The fourth-order valence-corrected chi connectivity index (χ4v) is 2.67. The van der Waals surface area contributed by atoms with Crippen LogP contribution in [-0.4, -0.2) is 22.1 Å². The van der Waals surface area contributed by atoms with Gasteiger partial charge in [-0.1, -0.05) is 19.9 Å². The smallest absolute Gasteiger partial charge is 0.225 e. The number of nitrogens with one attached hydrogen (secondary N) is 1. The zero-order chi connectivity index (χ0) is 15.2. The van der Waals surface area contributed by atoms with Gasteiger partial charge in [-0.3, -0.25) is 0 Å². The van der Waals surface area contributed by atoms with Crippen LogP contribution in [0.3, 0.4) is 0 Å². The summed E-state index contributed by atoms with van der Waals surface area (Å²) < 4.78 is 0. The number of anilines is 1. The van der Waals surface area contributed by atoms with Crippen LogP contribution in [0.25, 0.3) is 0 Å². The molecule has 0 spiro atoms. The van der Waals surface area contributed by atoms with Crippen LogP contribution in [0.5, 0.6) is 0 Å². The minimum Gasteiger partial charge on any atom is -0.333 e. The van der Waals surface area contributed by atoms with Gasteiger partial charge >= 0.3 is 0 Å². The van der Waals surface area contributed by atoms with E-state index in [0.29, 0.717) is 12.1 Å². The monoisotopic (exact) mass is 304 g/mol. The van der Waals surface area contributed by atoms with Crippen molar-refractivity contribution in [3.63, 3.8) is 0 Å². The second kappa shape index (κ2) is 7.52. The van der Waals surface area contributed by atoms with Crippen LogP contribution in [-0.2, 0) is 13.1 Å². The average Bonchev–Trinajstić information content (AvgIpc) is 2.96. The lowest BCUT2D eigenvalue weighted by molar-refractivity contribution is 0.585. The highest BCUT2D eigenvalue weighted by molar-refractivity contribution is 7.09. The van der Waals surface area contributed by atoms with E-state index in [2.05, 4.69) is 65.4 Å². The molecule has 0 saturated heterocycles. The van der Waals surface area contributed by atoms with Gasteiger partial charge in [0.1, 0.15) is 0 Å². The molecule has 114 valence electrons. The van der Waals surface area contributed by atoms with E-state index in [9.17, 15) is 0 Å². The minimum absolute atomic E-state index is 0.367. The third-order valence-corrected chi connectivity index (χ3v) is 4.05. The van der Waals surface area contributed by atoms with Gasteiger partial charge in [-0.2, -0.15) is 0 Å². The third-order valence-electron chi connectivity index (χ3n) is 3.19. The van der Waals surface area contributed by atoms with Gasteiger partial charge in [0.25, 0.3) is 0 Å². The maximum Gasteiger partial charge on any atom is 0.225 e. The standard InChI is InChI=1S/C16H24N4S/c1-12(2)17-8-14-9-18-16(19-10-14)20(13(3)4)11-15-6-5-7-21-15/h5-7,9-10,12-13,17H,8,11H2,1-4H3. The first kappa shape index (κ1) is 15.9. The predicted molar refractivity (Wildman–Crippen MR) is 89.6 cm³/mol. The van der Waals surface area contributed by atoms with Crippen LogP contribution in [0.2, 0.25) is 0 Å². The van der Waals surface area contributed by atoms with Crippen molar-refractivity contribution in [3.05, 3.63) is 40.3 Å². The minimum atomic E-state index is 0.367. The molecule has 5 heteroatoms. The van der Waals surface area contributed by atoms with Crippen molar-refractivity contribution in [2.75, 3.05) is 4.90 Å². The number of thiophene rings is 1. The molecule has 2 rings (SSSR count). The highest BCUT2D eigenvalue weighted by atomic mass is 32.1. The summed E-state index contributed by atoms with van der Waals surface area (Å²) in [4.78, 5) is 12.6. The Bertz CT molecular complexity index is 520. The van der Waals surface area contributed by atoms with E-state index in [4.69, 9.17) is 0 Å². The molecule has 0 aromatic carbocycles. The molecule has 0 bridgehead atoms. The maximum atomic E-state index is 4.54. The van der Waals surface area contributed by atoms with E-state index in [0.717, 1.165) is 24.6 Å². The number of hydrogen-bond acceptors (Lipinski definition) is 5. The Morgan fingerprint density at radius 3 is 2.43 bits per heavy atom. The normalized spacial score (nSPS) is 11.3. The zero-order valence-electron chi connectivity index (χ0n) is 13.2. The summed E-state index contributed by atoms with van der Waals surface area (Å²) in [5, 5.41) is 5.48. The lowest BCUT2D eigenvalue weighted by Crippen LogP contribution is -2.31. The molecule has 0 radical (unpaired) electrons. The summed E-state index contributed by atoms with van der Waals surface area (Å²) in [7, 11) is 0. The van der Waals surface area contributed by atoms with Crippen LogP contribution in [0, 0.1) is 0 Å². The summed E-state index contributed by atoms with van der Waals surface area (Å²) in [5.41, 5.74) is 1.12. The molecule has 0 atom stereocenters. The van der Waals surface area contributed by atoms with Crippen molar-refractivity contribution >= 4 is 17.3 Å². The molecule has 0 fully saturated rings. The quantitative estimate of drug-likeness (QED) is 0.850. The molecule has 0 unspecified atom stereocenters. The van der Waals surface area contributed by atoms with E-state index in [1.807, 2.05) is 12.4 Å². The molecule has 2 aromatic heterocycles. The van der Waals surface area contributed by atoms with Crippen molar-refractivity contribution in [1.82, 2.24) is 15.3 Å². The Morgan fingerprint density at radius 2 is 1.90 bits per heavy atom. The van der Waals surface area contributed by atoms with E-state index < -0.39 is 0 Å². The Morgan fingerprint density at radius 1 is 1.19 bits per heavy atom. The lowest BCUT2D eigenvalue weighted by atomic mass is 10.3. The van der Waals surface area contributed by atoms with Crippen molar-refractivity contribution in [3.8, 4) is 0 Å². The Balaban J connectivity index is 2.06. The summed E-state index contributed by atoms with van der Waals surface area (Å²) in [6.45, 7) is 10.3. The van der Waals surface area contributed by atoms with Crippen molar-refractivity contribution < 1.29 is 0 Å². The fourth-order valence-electron chi connectivity index (χ4n) is 1.96. The molecule has 0 aliphatic carbocycles. The van der Waals surface area contributed by atoms with Gasteiger partial charge < -0.3 is 10.2 Å².